The van der Waals surface area contributed by atoms with Crippen molar-refractivity contribution >= 4 is 5.82 Å². The summed E-state index contributed by atoms with van der Waals surface area (Å²) in [5.74, 6) is 0.219. The van der Waals surface area contributed by atoms with Crippen LogP contribution in [0.5, 0.6) is 0 Å². The Balaban J connectivity index is 2.02. The molecule has 1 aliphatic rings. The van der Waals surface area contributed by atoms with Crippen molar-refractivity contribution in [1.82, 2.24) is 9.55 Å². The van der Waals surface area contributed by atoms with Gasteiger partial charge < -0.3 is 10.8 Å². The van der Waals surface area contributed by atoms with Crippen LogP contribution in [0.1, 0.15) is 24.9 Å². The highest BCUT2D eigenvalue weighted by atomic mass is 16.3. The lowest BCUT2D eigenvalue weighted by molar-refractivity contribution is 0.207. The molecule has 1 aromatic heterocycles. The largest absolute Gasteiger partial charge is 0.395 e. The summed E-state index contributed by atoms with van der Waals surface area (Å²) in [6.45, 7) is 2.01. The predicted molar refractivity (Wildman–Crippen MR) is 85.5 cm³/mol. The highest BCUT2D eigenvalue weighted by Gasteiger charge is 2.41. The number of rotatable bonds is 3. The maximum atomic E-state index is 12.0. The van der Waals surface area contributed by atoms with E-state index in [0.29, 0.717) is 6.42 Å². The quantitative estimate of drug-likeness (QED) is 0.844. The molecule has 0 amide bonds. The van der Waals surface area contributed by atoms with E-state index in [4.69, 9.17) is 5.73 Å². The number of aromatic nitrogens is 2. The van der Waals surface area contributed by atoms with Crippen molar-refractivity contribution < 1.29 is 5.11 Å². The van der Waals surface area contributed by atoms with Crippen molar-refractivity contribution in [2.75, 3.05) is 12.3 Å². The minimum Gasteiger partial charge on any atom is -0.395 e. The van der Waals surface area contributed by atoms with Crippen molar-refractivity contribution in [3.8, 4) is 0 Å². The lowest BCUT2D eigenvalue weighted by Gasteiger charge is -2.30. The molecule has 5 heteroatoms. The summed E-state index contributed by atoms with van der Waals surface area (Å²) in [5, 5.41) is 10.1. The standard InChI is InChI=1S/C17H19N3O2/c1-12-9-14(20-8-7-15(18)19-16(20)22)10-17(12,11-21)13-5-3-2-4-6-13/h2-9,14,21H,10-11H2,1H3,(H2,18,19,22)/t14-,17-/m0/s1. The molecule has 3 N–H and O–H groups in total. The number of nitrogens with two attached hydrogens (primary N) is 1. The average molecular weight is 297 g/mol. The third-order valence-corrected chi connectivity index (χ3v) is 4.56. The molecule has 1 aliphatic carbocycles. The molecule has 0 fully saturated rings. The summed E-state index contributed by atoms with van der Waals surface area (Å²) in [6, 6.07) is 11.4. The number of anilines is 1. The summed E-state index contributed by atoms with van der Waals surface area (Å²) < 4.78 is 1.57. The van der Waals surface area contributed by atoms with Crippen molar-refractivity contribution in [3.05, 3.63) is 70.3 Å². The first-order chi connectivity index (χ1) is 10.6. The van der Waals surface area contributed by atoms with E-state index < -0.39 is 5.41 Å². The zero-order valence-corrected chi connectivity index (χ0v) is 12.4. The van der Waals surface area contributed by atoms with Gasteiger partial charge in [0, 0.05) is 11.6 Å². The van der Waals surface area contributed by atoms with E-state index in [0.717, 1.165) is 11.1 Å². The zero-order chi connectivity index (χ0) is 15.7. The number of nitrogens with zero attached hydrogens (tertiary/aromatic N) is 2. The molecule has 1 heterocycles. The van der Waals surface area contributed by atoms with Crippen LogP contribution in [0.25, 0.3) is 0 Å². The average Bonchev–Trinajstić information content (AvgIpc) is 2.86. The maximum Gasteiger partial charge on any atom is 0.350 e. The number of hydrogen-bond acceptors (Lipinski definition) is 4. The number of nitrogen functional groups attached to an aromatic ring is 1. The number of aliphatic hydroxyl groups is 1. The van der Waals surface area contributed by atoms with E-state index in [-0.39, 0.29) is 24.2 Å². The van der Waals surface area contributed by atoms with E-state index in [2.05, 4.69) is 4.98 Å². The van der Waals surface area contributed by atoms with Crippen molar-refractivity contribution in [3.63, 3.8) is 0 Å². The normalized spacial score (nSPS) is 24.3. The smallest absolute Gasteiger partial charge is 0.350 e. The van der Waals surface area contributed by atoms with Crippen LogP contribution in [0.3, 0.4) is 0 Å². The number of hydrogen-bond donors (Lipinski definition) is 2. The SMILES string of the molecule is CC1=C[C@H](n2ccc(N)nc2=O)C[C@@]1(CO)c1ccccc1. The van der Waals surface area contributed by atoms with Crippen LogP contribution < -0.4 is 11.4 Å². The molecular weight excluding hydrogens is 278 g/mol. The molecule has 0 saturated carbocycles. The Morgan fingerprint density at radius 3 is 2.73 bits per heavy atom. The van der Waals surface area contributed by atoms with Crippen LogP contribution >= 0.6 is 0 Å². The first-order valence-corrected chi connectivity index (χ1v) is 7.27. The number of benzene rings is 1. The fourth-order valence-corrected chi connectivity index (χ4v) is 3.27. The van der Waals surface area contributed by atoms with Gasteiger partial charge in [-0.05, 0) is 25.0 Å². The highest BCUT2D eigenvalue weighted by Crippen LogP contribution is 2.45. The second kappa shape index (κ2) is 5.42. The lowest BCUT2D eigenvalue weighted by Crippen LogP contribution is -2.32. The molecule has 114 valence electrons. The molecule has 0 aliphatic heterocycles. The van der Waals surface area contributed by atoms with Gasteiger partial charge in [0.2, 0.25) is 0 Å². The van der Waals surface area contributed by atoms with Crippen molar-refractivity contribution in [1.29, 1.82) is 0 Å². The molecule has 0 unspecified atom stereocenters. The van der Waals surface area contributed by atoms with Gasteiger partial charge in [-0.1, -0.05) is 42.0 Å². The van der Waals surface area contributed by atoms with Gasteiger partial charge >= 0.3 is 5.69 Å². The molecule has 3 rings (SSSR count). The van der Waals surface area contributed by atoms with Gasteiger partial charge in [-0.15, -0.1) is 0 Å². The van der Waals surface area contributed by atoms with Crippen LogP contribution in [0.2, 0.25) is 0 Å². The summed E-state index contributed by atoms with van der Waals surface area (Å²) in [4.78, 5) is 15.8. The fraction of sp³-hybridized carbons (Fsp3) is 0.294. The first kappa shape index (κ1) is 14.5. The number of aliphatic hydroxyl groups excluding tert-OH is 1. The minimum absolute atomic E-state index is 0.00694. The maximum absolute atomic E-state index is 12.0. The van der Waals surface area contributed by atoms with Crippen LogP contribution in [0, 0.1) is 0 Å². The zero-order valence-electron chi connectivity index (χ0n) is 12.4. The van der Waals surface area contributed by atoms with Gasteiger partial charge in [-0.3, -0.25) is 4.57 Å². The van der Waals surface area contributed by atoms with Crippen molar-refractivity contribution in [2.45, 2.75) is 24.8 Å². The molecule has 0 bridgehead atoms. The Labute approximate surface area is 128 Å². The minimum atomic E-state index is -0.452. The van der Waals surface area contributed by atoms with Gasteiger partial charge in [-0.2, -0.15) is 4.98 Å². The Morgan fingerprint density at radius 2 is 2.09 bits per heavy atom. The highest BCUT2D eigenvalue weighted by molar-refractivity contribution is 5.40. The second-order valence-electron chi connectivity index (χ2n) is 5.77. The van der Waals surface area contributed by atoms with E-state index in [1.54, 1.807) is 16.8 Å². The van der Waals surface area contributed by atoms with Crippen LogP contribution in [0.15, 0.2) is 59.0 Å². The summed E-state index contributed by atoms with van der Waals surface area (Å²) >= 11 is 0. The summed E-state index contributed by atoms with van der Waals surface area (Å²) in [6.07, 6.45) is 4.32. The Bertz CT molecular complexity index is 767. The van der Waals surface area contributed by atoms with E-state index >= 15 is 0 Å². The van der Waals surface area contributed by atoms with Gasteiger partial charge in [0.25, 0.3) is 0 Å². The monoisotopic (exact) mass is 297 g/mol. The van der Waals surface area contributed by atoms with Gasteiger partial charge in [-0.25, -0.2) is 4.79 Å². The van der Waals surface area contributed by atoms with E-state index in [1.807, 2.05) is 43.3 Å². The van der Waals surface area contributed by atoms with Gasteiger partial charge in [0.05, 0.1) is 12.6 Å². The fourth-order valence-electron chi connectivity index (χ4n) is 3.27. The predicted octanol–water partition coefficient (Wildman–Crippen LogP) is 1.65. The Kier molecular flexibility index (Phi) is 3.58. The Hall–Kier alpha value is -2.40. The molecule has 2 atom stereocenters. The number of allylic oxidation sites excluding steroid dienone is 1. The topological polar surface area (TPSA) is 81.1 Å². The summed E-state index contributed by atoms with van der Waals surface area (Å²) in [5.41, 5.74) is 6.85. The molecule has 0 saturated heterocycles. The molecule has 2 aromatic rings. The van der Waals surface area contributed by atoms with Crippen LogP contribution in [-0.2, 0) is 5.41 Å². The molecule has 0 spiro atoms. The lowest BCUT2D eigenvalue weighted by atomic mass is 9.76. The van der Waals surface area contributed by atoms with E-state index in [9.17, 15) is 9.90 Å². The van der Waals surface area contributed by atoms with Crippen LogP contribution in [0.4, 0.5) is 5.82 Å². The van der Waals surface area contributed by atoms with E-state index in [1.165, 1.54) is 0 Å². The third-order valence-electron chi connectivity index (χ3n) is 4.56. The Morgan fingerprint density at radius 1 is 1.36 bits per heavy atom. The molecule has 22 heavy (non-hydrogen) atoms. The van der Waals surface area contributed by atoms with Gasteiger partial charge in [0.15, 0.2) is 0 Å². The molecule has 1 aromatic carbocycles. The first-order valence-electron chi connectivity index (χ1n) is 7.27. The molecule has 5 nitrogen and oxygen atoms in total. The molecule has 0 radical (unpaired) electrons. The molecular formula is C17H19N3O2. The second-order valence-corrected chi connectivity index (χ2v) is 5.77. The van der Waals surface area contributed by atoms with Crippen LogP contribution in [-0.4, -0.2) is 21.3 Å². The van der Waals surface area contributed by atoms with Crippen molar-refractivity contribution in [2.24, 2.45) is 0 Å². The third kappa shape index (κ3) is 2.23. The van der Waals surface area contributed by atoms with Gasteiger partial charge in [0.1, 0.15) is 5.82 Å². The summed E-state index contributed by atoms with van der Waals surface area (Å²) in [7, 11) is 0.